The van der Waals surface area contributed by atoms with Crippen molar-refractivity contribution in [1.82, 2.24) is 4.90 Å². The van der Waals surface area contributed by atoms with Crippen molar-refractivity contribution in [3.8, 4) is 0 Å². The number of hydrogen-bond acceptors (Lipinski definition) is 5. The number of ether oxygens (including phenoxy) is 1. The summed E-state index contributed by atoms with van der Waals surface area (Å²) in [5, 5.41) is 4.08. The summed E-state index contributed by atoms with van der Waals surface area (Å²) < 4.78 is 5.28. The van der Waals surface area contributed by atoms with E-state index in [1.807, 2.05) is 36.3 Å². The van der Waals surface area contributed by atoms with Crippen molar-refractivity contribution >= 4 is 28.9 Å². The van der Waals surface area contributed by atoms with Crippen molar-refractivity contribution in [3.63, 3.8) is 0 Å². The normalized spacial score (nSPS) is 16.9. The Morgan fingerprint density at radius 2 is 2.15 bits per heavy atom. The molecule has 0 saturated carbocycles. The van der Waals surface area contributed by atoms with Gasteiger partial charge in [-0.2, -0.15) is 11.3 Å². The van der Waals surface area contributed by atoms with Gasteiger partial charge in [-0.3, -0.25) is 4.79 Å². The highest BCUT2D eigenvalue weighted by atomic mass is 32.1. The van der Waals surface area contributed by atoms with Crippen molar-refractivity contribution in [2.75, 3.05) is 18.9 Å². The second-order valence-corrected chi connectivity index (χ2v) is 7.66. The fourth-order valence-corrected chi connectivity index (χ4v) is 3.98. The average Bonchev–Trinajstić information content (AvgIpc) is 3.30. The zero-order valence-electron chi connectivity index (χ0n) is 15.1. The van der Waals surface area contributed by atoms with Crippen molar-refractivity contribution < 1.29 is 14.3 Å². The molecule has 1 fully saturated rings. The number of carbonyl (C=O) groups excluding carboxylic acids is 2. The first-order valence-corrected chi connectivity index (χ1v) is 9.79. The average molecular weight is 372 g/mol. The SMILES string of the molecule is CC(C)c1ccc(N)c(C(=O)OCC(=O)N2CCC[C@H]2c2ccsc2)c1. The Kier molecular flexibility index (Phi) is 5.61. The molecule has 0 spiro atoms. The minimum absolute atomic E-state index is 0.0850. The largest absolute Gasteiger partial charge is 0.452 e. The molecular formula is C20H24N2O3S. The molecule has 6 heteroatoms. The van der Waals surface area contributed by atoms with E-state index >= 15 is 0 Å². The van der Waals surface area contributed by atoms with Crippen molar-refractivity contribution in [3.05, 3.63) is 51.7 Å². The highest BCUT2D eigenvalue weighted by Gasteiger charge is 2.30. The minimum atomic E-state index is -0.551. The predicted octanol–water partition coefficient (Wildman–Crippen LogP) is 3.97. The fourth-order valence-electron chi connectivity index (χ4n) is 3.27. The van der Waals surface area contributed by atoms with Crippen LogP contribution in [0.4, 0.5) is 5.69 Å². The number of nitrogens with two attached hydrogens (primary N) is 1. The Morgan fingerprint density at radius 3 is 2.85 bits per heavy atom. The second kappa shape index (κ2) is 7.91. The lowest BCUT2D eigenvalue weighted by Crippen LogP contribution is -2.34. The molecule has 2 heterocycles. The molecule has 1 aromatic carbocycles. The molecule has 0 aliphatic carbocycles. The lowest BCUT2D eigenvalue weighted by molar-refractivity contribution is -0.135. The number of nitrogens with zero attached hydrogens (tertiary/aromatic N) is 1. The van der Waals surface area contributed by atoms with Gasteiger partial charge in [0.05, 0.1) is 11.6 Å². The van der Waals surface area contributed by atoms with Crippen LogP contribution < -0.4 is 5.73 Å². The topological polar surface area (TPSA) is 72.6 Å². The van der Waals surface area contributed by atoms with Crippen LogP contribution in [0.15, 0.2) is 35.0 Å². The van der Waals surface area contributed by atoms with Gasteiger partial charge in [-0.1, -0.05) is 19.9 Å². The third kappa shape index (κ3) is 3.90. The number of likely N-dealkylation sites (tertiary alicyclic amines) is 1. The van der Waals surface area contributed by atoms with Crippen molar-refractivity contribution in [2.24, 2.45) is 0 Å². The first-order valence-electron chi connectivity index (χ1n) is 8.85. The molecule has 1 aliphatic rings. The van der Waals surface area contributed by atoms with E-state index in [0.717, 1.165) is 24.0 Å². The van der Waals surface area contributed by atoms with Gasteiger partial charge in [0.1, 0.15) is 0 Å². The van der Waals surface area contributed by atoms with Gasteiger partial charge >= 0.3 is 5.97 Å². The summed E-state index contributed by atoms with van der Waals surface area (Å²) in [5.41, 5.74) is 8.76. The molecule has 1 aromatic heterocycles. The Labute approximate surface area is 157 Å². The molecule has 0 unspecified atom stereocenters. The summed E-state index contributed by atoms with van der Waals surface area (Å²) in [7, 11) is 0. The van der Waals surface area contributed by atoms with Gasteiger partial charge in [-0.05, 0) is 58.8 Å². The molecule has 3 rings (SSSR count). The molecule has 0 bridgehead atoms. The molecule has 1 amide bonds. The van der Waals surface area contributed by atoms with E-state index in [-0.39, 0.29) is 24.5 Å². The van der Waals surface area contributed by atoms with E-state index in [9.17, 15) is 9.59 Å². The van der Waals surface area contributed by atoms with Gasteiger partial charge in [0.25, 0.3) is 5.91 Å². The van der Waals surface area contributed by atoms with Crippen LogP contribution in [0.25, 0.3) is 0 Å². The maximum Gasteiger partial charge on any atom is 0.340 e. The van der Waals surface area contributed by atoms with Crippen molar-refractivity contribution in [2.45, 2.75) is 38.6 Å². The number of hydrogen-bond donors (Lipinski definition) is 1. The lowest BCUT2D eigenvalue weighted by atomic mass is 10.00. The van der Waals surface area contributed by atoms with E-state index in [2.05, 4.69) is 5.38 Å². The van der Waals surface area contributed by atoms with Gasteiger partial charge in [-0.15, -0.1) is 0 Å². The number of amides is 1. The number of rotatable bonds is 5. The Hall–Kier alpha value is -2.34. The number of benzene rings is 1. The summed E-state index contributed by atoms with van der Waals surface area (Å²) in [5.74, 6) is -0.435. The number of carbonyl (C=O) groups is 2. The zero-order chi connectivity index (χ0) is 18.7. The molecule has 2 N–H and O–H groups in total. The maximum absolute atomic E-state index is 12.6. The fraction of sp³-hybridized carbons (Fsp3) is 0.400. The highest BCUT2D eigenvalue weighted by molar-refractivity contribution is 7.08. The van der Waals surface area contributed by atoms with E-state index < -0.39 is 5.97 Å². The van der Waals surface area contributed by atoms with Crippen LogP contribution in [-0.4, -0.2) is 29.9 Å². The monoisotopic (exact) mass is 372 g/mol. The Bertz CT molecular complexity index is 786. The van der Waals surface area contributed by atoms with Gasteiger partial charge in [0, 0.05) is 12.2 Å². The quantitative estimate of drug-likeness (QED) is 0.637. The van der Waals surface area contributed by atoms with Gasteiger partial charge in [-0.25, -0.2) is 4.79 Å². The van der Waals surface area contributed by atoms with E-state index in [1.165, 1.54) is 0 Å². The third-order valence-corrected chi connectivity index (χ3v) is 5.49. The molecule has 5 nitrogen and oxygen atoms in total. The smallest absolute Gasteiger partial charge is 0.340 e. The van der Waals surface area contributed by atoms with E-state index in [4.69, 9.17) is 10.5 Å². The summed E-state index contributed by atoms with van der Waals surface area (Å²) in [4.78, 5) is 26.8. The van der Waals surface area contributed by atoms with Gasteiger partial charge in [0.2, 0.25) is 0 Å². The van der Waals surface area contributed by atoms with E-state index in [1.54, 1.807) is 23.5 Å². The minimum Gasteiger partial charge on any atom is -0.452 e. The van der Waals surface area contributed by atoms with Crippen LogP contribution in [0.2, 0.25) is 0 Å². The van der Waals surface area contributed by atoms with Crippen LogP contribution >= 0.6 is 11.3 Å². The molecule has 0 radical (unpaired) electrons. The number of anilines is 1. The Balaban J connectivity index is 1.64. The third-order valence-electron chi connectivity index (χ3n) is 4.79. The highest BCUT2D eigenvalue weighted by Crippen LogP contribution is 2.33. The van der Waals surface area contributed by atoms with Gasteiger partial charge in [0.15, 0.2) is 6.61 Å². The number of thiophene rings is 1. The van der Waals surface area contributed by atoms with Crippen molar-refractivity contribution in [1.29, 1.82) is 0 Å². The lowest BCUT2D eigenvalue weighted by Gasteiger charge is -2.24. The first-order chi connectivity index (χ1) is 12.5. The molecule has 26 heavy (non-hydrogen) atoms. The number of nitrogen functional groups attached to an aromatic ring is 1. The maximum atomic E-state index is 12.6. The predicted molar refractivity (Wildman–Crippen MR) is 103 cm³/mol. The first kappa shape index (κ1) is 18.5. The summed E-state index contributed by atoms with van der Waals surface area (Å²) in [6.07, 6.45) is 1.91. The van der Waals surface area contributed by atoms with Crippen LogP contribution in [-0.2, 0) is 9.53 Å². The molecule has 1 aliphatic heterocycles. The molecule has 138 valence electrons. The van der Waals surface area contributed by atoms with E-state index in [0.29, 0.717) is 17.8 Å². The summed E-state index contributed by atoms with van der Waals surface area (Å²) in [6, 6.07) is 7.49. The van der Waals surface area contributed by atoms with Crippen LogP contribution in [0.3, 0.4) is 0 Å². The van der Waals surface area contributed by atoms with Gasteiger partial charge < -0.3 is 15.4 Å². The summed E-state index contributed by atoms with van der Waals surface area (Å²) in [6.45, 7) is 4.52. The van der Waals surface area contributed by atoms with Crippen LogP contribution in [0.1, 0.15) is 60.1 Å². The molecule has 2 aromatic rings. The molecule has 1 saturated heterocycles. The second-order valence-electron chi connectivity index (χ2n) is 6.88. The standard InChI is InChI=1S/C20H24N2O3S/c1-13(2)14-5-6-17(21)16(10-14)20(24)25-11-19(23)22-8-3-4-18(22)15-7-9-26-12-15/h5-7,9-10,12-13,18H,3-4,8,11,21H2,1-2H3/t18-/m0/s1. The number of esters is 1. The molecular weight excluding hydrogens is 348 g/mol. The van der Waals surface area contributed by atoms with Crippen LogP contribution in [0, 0.1) is 0 Å². The summed E-state index contributed by atoms with van der Waals surface area (Å²) >= 11 is 1.62. The van der Waals surface area contributed by atoms with Crippen LogP contribution in [0.5, 0.6) is 0 Å². The molecule has 1 atom stereocenters. The zero-order valence-corrected chi connectivity index (χ0v) is 15.9. The Morgan fingerprint density at radius 1 is 1.35 bits per heavy atom.